The molecule has 0 bridgehead atoms. The van der Waals surface area contributed by atoms with Gasteiger partial charge in [-0.15, -0.1) is 11.3 Å². The molecule has 0 amide bonds. The molecule has 0 aliphatic heterocycles. The average molecular weight is 301 g/mol. The Labute approximate surface area is 114 Å². The van der Waals surface area contributed by atoms with Gasteiger partial charge in [0.1, 0.15) is 10.7 Å². The van der Waals surface area contributed by atoms with Crippen LogP contribution in [-0.4, -0.2) is 13.5 Å². The summed E-state index contributed by atoms with van der Waals surface area (Å²) in [6.45, 7) is 1.22. The Hall–Kier alpha value is -1.44. The third-order valence-electron chi connectivity index (χ3n) is 2.55. The van der Waals surface area contributed by atoms with Gasteiger partial charge in [0, 0.05) is 5.69 Å². The van der Waals surface area contributed by atoms with Crippen molar-refractivity contribution in [3.05, 3.63) is 45.9 Å². The molecule has 1 aromatic heterocycles. The molecule has 2 aromatic rings. The number of anilines is 1. The molecular formula is C12H12FNO3S2. The summed E-state index contributed by atoms with van der Waals surface area (Å²) in [5.41, 5.74) is 0.641. The summed E-state index contributed by atoms with van der Waals surface area (Å²) in [6, 6.07) is 5.39. The number of aliphatic hydroxyl groups is 1. The van der Waals surface area contributed by atoms with Crippen molar-refractivity contribution >= 4 is 27.0 Å². The molecule has 0 radical (unpaired) electrons. The molecule has 1 aromatic carbocycles. The monoisotopic (exact) mass is 301 g/mol. The SMILES string of the molecule is Cc1cc(NS(=O)(=O)c2ccsc2CO)ccc1F. The first-order chi connectivity index (χ1) is 8.94. The van der Waals surface area contributed by atoms with E-state index in [-0.39, 0.29) is 17.2 Å². The van der Waals surface area contributed by atoms with E-state index >= 15 is 0 Å². The third kappa shape index (κ3) is 2.94. The van der Waals surface area contributed by atoms with E-state index in [4.69, 9.17) is 5.11 Å². The van der Waals surface area contributed by atoms with Crippen LogP contribution >= 0.6 is 11.3 Å². The van der Waals surface area contributed by atoms with Crippen molar-refractivity contribution in [1.29, 1.82) is 0 Å². The van der Waals surface area contributed by atoms with E-state index in [1.807, 2.05) is 0 Å². The molecule has 0 unspecified atom stereocenters. The van der Waals surface area contributed by atoms with E-state index in [9.17, 15) is 12.8 Å². The van der Waals surface area contributed by atoms with Crippen LogP contribution in [0.4, 0.5) is 10.1 Å². The van der Waals surface area contributed by atoms with E-state index in [2.05, 4.69) is 4.72 Å². The number of hydrogen-bond acceptors (Lipinski definition) is 4. The lowest BCUT2D eigenvalue weighted by molar-refractivity contribution is 0.282. The predicted octanol–water partition coefficient (Wildman–Crippen LogP) is 2.49. The summed E-state index contributed by atoms with van der Waals surface area (Å²) < 4.78 is 39.7. The molecular weight excluding hydrogens is 289 g/mol. The van der Waals surface area contributed by atoms with E-state index in [1.54, 1.807) is 12.3 Å². The Balaban J connectivity index is 2.34. The van der Waals surface area contributed by atoms with Gasteiger partial charge in [-0.1, -0.05) is 0 Å². The highest BCUT2D eigenvalue weighted by atomic mass is 32.2. The minimum absolute atomic E-state index is 0.0435. The van der Waals surface area contributed by atoms with Crippen LogP contribution in [0.5, 0.6) is 0 Å². The van der Waals surface area contributed by atoms with Crippen molar-refractivity contribution in [2.45, 2.75) is 18.4 Å². The largest absolute Gasteiger partial charge is 0.391 e. The number of nitrogens with one attached hydrogen (secondary N) is 1. The molecule has 0 atom stereocenters. The van der Waals surface area contributed by atoms with Gasteiger partial charge in [-0.3, -0.25) is 4.72 Å². The molecule has 4 nitrogen and oxygen atoms in total. The van der Waals surface area contributed by atoms with Gasteiger partial charge in [0.2, 0.25) is 0 Å². The van der Waals surface area contributed by atoms with Gasteiger partial charge in [0.05, 0.1) is 11.5 Å². The number of sulfonamides is 1. The van der Waals surface area contributed by atoms with Gasteiger partial charge in [0.25, 0.3) is 10.0 Å². The van der Waals surface area contributed by atoms with Crippen LogP contribution in [0.3, 0.4) is 0 Å². The molecule has 0 saturated carbocycles. The zero-order valence-corrected chi connectivity index (χ0v) is 11.7. The average Bonchev–Trinajstić information content (AvgIpc) is 2.82. The van der Waals surface area contributed by atoms with E-state index in [0.29, 0.717) is 10.4 Å². The van der Waals surface area contributed by atoms with Crippen molar-refractivity contribution < 1.29 is 17.9 Å². The number of aryl methyl sites for hydroxylation is 1. The Kier molecular flexibility index (Phi) is 3.88. The molecule has 0 saturated heterocycles. The quantitative estimate of drug-likeness (QED) is 0.912. The summed E-state index contributed by atoms with van der Waals surface area (Å²) >= 11 is 1.16. The van der Waals surface area contributed by atoms with Crippen molar-refractivity contribution in [2.75, 3.05) is 4.72 Å². The molecule has 2 N–H and O–H groups in total. The van der Waals surface area contributed by atoms with Crippen LogP contribution in [-0.2, 0) is 16.6 Å². The number of thiophene rings is 1. The first-order valence-corrected chi connectivity index (χ1v) is 7.76. The zero-order valence-electron chi connectivity index (χ0n) is 10.1. The fourth-order valence-electron chi connectivity index (χ4n) is 1.60. The van der Waals surface area contributed by atoms with Crippen molar-refractivity contribution in [3.63, 3.8) is 0 Å². The highest BCUT2D eigenvalue weighted by Crippen LogP contribution is 2.25. The molecule has 0 spiro atoms. The Bertz CT molecular complexity index is 695. The maximum atomic E-state index is 13.1. The van der Waals surface area contributed by atoms with Gasteiger partial charge in [-0.2, -0.15) is 0 Å². The molecule has 2 rings (SSSR count). The minimum Gasteiger partial charge on any atom is -0.391 e. The van der Waals surface area contributed by atoms with Crippen LogP contribution < -0.4 is 4.72 Å². The van der Waals surface area contributed by atoms with Gasteiger partial charge in [-0.05, 0) is 42.1 Å². The van der Waals surface area contributed by atoms with E-state index in [1.165, 1.54) is 24.3 Å². The normalized spacial score (nSPS) is 11.5. The number of rotatable bonds is 4. The smallest absolute Gasteiger partial charge is 0.263 e. The standard InChI is InChI=1S/C12H12FNO3S2/c1-8-6-9(2-3-10(8)13)14-19(16,17)12-4-5-18-11(12)7-15/h2-6,14-15H,7H2,1H3. The van der Waals surface area contributed by atoms with Crippen LogP contribution in [0.15, 0.2) is 34.5 Å². The van der Waals surface area contributed by atoms with Gasteiger partial charge >= 0.3 is 0 Å². The van der Waals surface area contributed by atoms with Crippen molar-refractivity contribution in [1.82, 2.24) is 0 Å². The topological polar surface area (TPSA) is 66.4 Å². The highest BCUT2D eigenvalue weighted by molar-refractivity contribution is 7.93. The lowest BCUT2D eigenvalue weighted by Gasteiger charge is -2.09. The molecule has 102 valence electrons. The molecule has 0 aliphatic carbocycles. The second-order valence-electron chi connectivity index (χ2n) is 3.94. The lowest BCUT2D eigenvalue weighted by atomic mass is 10.2. The van der Waals surface area contributed by atoms with Crippen LogP contribution in [0.2, 0.25) is 0 Å². The lowest BCUT2D eigenvalue weighted by Crippen LogP contribution is -2.13. The Morgan fingerprint density at radius 2 is 2.11 bits per heavy atom. The Morgan fingerprint density at radius 3 is 2.74 bits per heavy atom. The second-order valence-corrected chi connectivity index (χ2v) is 6.59. The van der Waals surface area contributed by atoms with Crippen LogP contribution in [0.1, 0.15) is 10.4 Å². The zero-order chi connectivity index (χ0) is 14.0. The number of halogens is 1. The van der Waals surface area contributed by atoms with Gasteiger partial charge in [0.15, 0.2) is 0 Å². The van der Waals surface area contributed by atoms with Crippen molar-refractivity contribution in [2.24, 2.45) is 0 Å². The summed E-state index contributed by atoms with van der Waals surface area (Å²) in [5.74, 6) is -0.394. The maximum absolute atomic E-state index is 13.1. The second kappa shape index (κ2) is 5.28. The molecule has 1 heterocycles. The van der Waals surface area contributed by atoms with E-state index < -0.39 is 15.8 Å². The predicted molar refractivity (Wildman–Crippen MR) is 72.2 cm³/mol. The molecule has 19 heavy (non-hydrogen) atoms. The fraction of sp³-hybridized carbons (Fsp3) is 0.167. The minimum atomic E-state index is -3.76. The first kappa shape index (κ1) is 14.0. The number of benzene rings is 1. The Morgan fingerprint density at radius 1 is 1.37 bits per heavy atom. The first-order valence-electron chi connectivity index (χ1n) is 5.40. The van der Waals surface area contributed by atoms with Crippen LogP contribution in [0.25, 0.3) is 0 Å². The van der Waals surface area contributed by atoms with E-state index in [0.717, 1.165) is 11.3 Å². The van der Waals surface area contributed by atoms with Gasteiger partial charge in [-0.25, -0.2) is 12.8 Å². The molecule has 0 aliphatic rings. The van der Waals surface area contributed by atoms with Crippen molar-refractivity contribution in [3.8, 4) is 0 Å². The number of hydrogen-bond donors (Lipinski definition) is 2. The summed E-state index contributed by atoms with van der Waals surface area (Å²) in [4.78, 5) is 0.410. The molecule has 7 heteroatoms. The number of aliphatic hydroxyl groups excluding tert-OH is 1. The summed E-state index contributed by atoms with van der Waals surface area (Å²) in [7, 11) is -3.76. The molecule has 0 fully saturated rings. The summed E-state index contributed by atoms with van der Waals surface area (Å²) in [5, 5.41) is 10.7. The van der Waals surface area contributed by atoms with Crippen LogP contribution in [0, 0.1) is 12.7 Å². The fourth-order valence-corrected chi connectivity index (χ4v) is 3.95. The highest BCUT2D eigenvalue weighted by Gasteiger charge is 2.19. The maximum Gasteiger partial charge on any atom is 0.263 e. The third-order valence-corrected chi connectivity index (χ3v) is 5.05. The summed E-state index contributed by atoms with van der Waals surface area (Å²) in [6.07, 6.45) is 0. The van der Waals surface area contributed by atoms with Gasteiger partial charge < -0.3 is 5.11 Å².